The minimum atomic E-state index is -0.771. The number of rotatable bonds is 6. The zero-order chi connectivity index (χ0) is 15.2. The highest BCUT2D eigenvalue weighted by Gasteiger charge is 2.24. The van der Waals surface area contributed by atoms with E-state index in [-0.39, 0.29) is 12.3 Å². The van der Waals surface area contributed by atoms with E-state index in [0.717, 1.165) is 0 Å². The fourth-order valence-corrected chi connectivity index (χ4v) is 2.78. The lowest BCUT2D eigenvalue weighted by Gasteiger charge is -2.17. The quantitative estimate of drug-likeness (QED) is 0.655. The monoisotopic (exact) mass is 323 g/mol. The number of carbonyl (C=O) groups excluding carboxylic acids is 2. The number of benzene rings is 1. The number of thiophene rings is 1. The molecule has 0 saturated carbocycles. The third-order valence-corrected chi connectivity index (χ3v) is 4.17. The van der Waals surface area contributed by atoms with Gasteiger partial charge in [0.25, 0.3) is 0 Å². The second-order valence-electron chi connectivity index (χ2n) is 4.26. The Hall–Kier alpha value is -1.69. The van der Waals surface area contributed by atoms with Gasteiger partial charge in [0, 0.05) is 5.02 Å². The van der Waals surface area contributed by atoms with Crippen molar-refractivity contribution < 1.29 is 14.3 Å². The van der Waals surface area contributed by atoms with Gasteiger partial charge in [-0.1, -0.05) is 35.9 Å². The smallest absolute Gasteiger partial charge is 0.327 e. The minimum absolute atomic E-state index is 0.0332. The van der Waals surface area contributed by atoms with E-state index in [1.165, 1.54) is 18.4 Å². The first-order valence-corrected chi connectivity index (χ1v) is 7.51. The molecule has 0 aliphatic heterocycles. The summed E-state index contributed by atoms with van der Waals surface area (Å²) in [4.78, 5) is 24.6. The molecule has 0 unspecified atom stereocenters. The van der Waals surface area contributed by atoms with E-state index in [0.29, 0.717) is 15.5 Å². The summed E-state index contributed by atoms with van der Waals surface area (Å²) in [6, 6.07) is 9.76. The molecule has 1 aromatic carbocycles. The van der Waals surface area contributed by atoms with Crippen LogP contribution in [0.25, 0.3) is 0 Å². The number of methoxy groups -OCH3 is 1. The van der Waals surface area contributed by atoms with Crippen LogP contribution in [0.2, 0.25) is 5.02 Å². The number of esters is 1. The van der Waals surface area contributed by atoms with Crippen molar-refractivity contribution in [2.75, 3.05) is 13.7 Å². The van der Waals surface area contributed by atoms with E-state index in [1.54, 1.807) is 30.3 Å². The molecule has 0 aliphatic rings. The fourth-order valence-electron chi connectivity index (χ4n) is 1.87. The Kier molecular flexibility index (Phi) is 5.50. The molecule has 0 saturated heterocycles. The molecule has 0 aliphatic carbocycles. The maximum Gasteiger partial charge on any atom is 0.327 e. The van der Waals surface area contributed by atoms with Crippen molar-refractivity contribution in [1.82, 2.24) is 5.32 Å². The van der Waals surface area contributed by atoms with Crippen molar-refractivity contribution in [1.29, 1.82) is 0 Å². The van der Waals surface area contributed by atoms with E-state index in [1.807, 2.05) is 11.4 Å². The average molecular weight is 324 g/mol. The number of hydrogen-bond donors (Lipinski definition) is 1. The molecule has 6 heteroatoms. The third-order valence-electron chi connectivity index (χ3n) is 2.92. The summed E-state index contributed by atoms with van der Waals surface area (Å²) in [5, 5.41) is 5.19. The van der Waals surface area contributed by atoms with E-state index in [2.05, 4.69) is 5.32 Å². The lowest BCUT2D eigenvalue weighted by molar-refractivity contribution is -0.143. The van der Waals surface area contributed by atoms with Crippen molar-refractivity contribution >= 4 is 34.7 Å². The Morgan fingerprint density at radius 3 is 2.67 bits per heavy atom. The number of halogens is 1. The number of nitrogens with one attached hydrogen (secondary N) is 1. The van der Waals surface area contributed by atoms with Crippen molar-refractivity contribution in [3.8, 4) is 0 Å². The molecule has 1 aromatic heterocycles. The Balaban J connectivity index is 2.13. The maximum atomic E-state index is 12.0. The SMILES string of the molecule is COC(=O)[C@@H](NCC(=O)c1cccs1)c1ccccc1Cl. The normalized spacial score (nSPS) is 11.9. The molecule has 1 N–H and O–H groups in total. The third kappa shape index (κ3) is 3.91. The number of ether oxygens (including phenoxy) is 1. The van der Waals surface area contributed by atoms with E-state index in [4.69, 9.17) is 16.3 Å². The second-order valence-corrected chi connectivity index (χ2v) is 5.61. The van der Waals surface area contributed by atoms with Gasteiger partial charge in [-0.05, 0) is 23.1 Å². The molecule has 110 valence electrons. The number of ketones is 1. The standard InChI is InChI=1S/C15H14ClNO3S/c1-20-15(19)14(10-5-2-3-6-11(10)16)17-9-12(18)13-7-4-8-21-13/h2-8,14,17H,9H2,1H3/t14-/m0/s1. The van der Waals surface area contributed by atoms with Crippen LogP contribution in [0.15, 0.2) is 41.8 Å². The largest absolute Gasteiger partial charge is 0.468 e. The molecule has 1 heterocycles. The Bertz CT molecular complexity index is 628. The number of hydrogen-bond acceptors (Lipinski definition) is 5. The summed E-state index contributed by atoms with van der Waals surface area (Å²) < 4.78 is 4.78. The van der Waals surface area contributed by atoms with Gasteiger partial charge in [-0.3, -0.25) is 10.1 Å². The maximum absolute atomic E-state index is 12.0. The molecule has 0 bridgehead atoms. The molecule has 21 heavy (non-hydrogen) atoms. The Morgan fingerprint density at radius 1 is 1.29 bits per heavy atom. The minimum Gasteiger partial charge on any atom is -0.468 e. The summed E-state index contributed by atoms with van der Waals surface area (Å²) in [6.07, 6.45) is 0. The molecule has 2 aromatic rings. The molecule has 4 nitrogen and oxygen atoms in total. The lowest BCUT2D eigenvalue weighted by Crippen LogP contribution is -2.33. The predicted molar refractivity (Wildman–Crippen MR) is 82.9 cm³/mol. The van der Waals surface area contributed by atoms with Crippen LogP contribution in [0.4, 0.5) is 0 Å². The van der Waals surface area contributed by atoms with Gasteiger partial charge in [-0.2, -0.15) is 0 Å². The van der Waals surface area contributed by atoms with Crippen LogP contribution in [0.3, 0.4) is 0 Å². The lowest BCUT2D eigenvalue weighted by atomic mass is 10.1. The summed E-state index contributed by atoms with van der Waals surface area (Å²) in [6.45, 7) is 0.0332. The molecular formula is C15H14ClNO3S. The van der Waals surface area contributed by atoms with Gasteiger partial charge >= 0.3 is 5.97 Å². The zero-order valence-electron chi connectivity index (χ0n) is 11.3. The van der Waals surface area contributed by atoms with Crippen LogP contribution in [0, 0.1) is 0 Å². The Morgan fingerprint density at radius 2 is 2.05 bits per heavy atom. The second kappa shape index (κ2) is 7.36. The average Bonchev–Trinajstić information content (AvgIpc) is 3.03. The van der Waals surface area contributed by atoms with Gasteiger partial charge in [0.15, 0.2) is 5.78 Å². The highest BCUT2D eigenvalue weighted by molar-refractivity contribution is 7.12. The summed E-state index contributed by atoms with van der Waals surface area (Å²) in [7, 11) is 1.30. The van der Waals surface area contributed by atoms with Crippen LogP contribution < -0.4 is 5.32 Å². The molecule has 1 atom stereocenters. The molecule has 0 radical (unpaired) electrons. The fraction of sp³-hybridized carbons (Fsp3) is 0.200. The van der Waals surface area contributed by atoms with Crippen LogP contribution >= 0.6 is 22.9 Å². The first-order chi connectivity index (χ1) is 10.1. The molecule has 2 rings (SSSR count). The van der Waals surface area contributed by atoms with Crippen LogP contribution in [-0.2, 0) is 9.53 Å². The zero-order valence-corrected chi connectivity index (χ0v) is 12.9. The van der Waals surface area contributed by atoms with Crippen molar-refractivity contribution in [3.63, 3.8) is 0 Å². The Labute approximate surface area is 131 Å². The summed E-state index contributed by atoms with van der Waals surface area (Å²) in [5.74, 6) is -0.562. The molecular weight excluding hydrogens is 310 g/mol. The highest BCUT2D eigenvalue weighted by atomic mass is 35.5. The van der Waals surface area contributed by atoms with Gasteiger partial charge < -0.3 is 4.74 Å². The van der Waals surface area contributed by atoms with E-state index < -0.39 is 12.0 Å². The van der Waals surface area contributed by atoms with Crippen molar-refractivity contribution in [2.45, 2.75) is 6.04 Å². The highest BCUT2D eigenvalue weighted by Crippen LogP contribution is 2.23. The number of carbonyl (C=O) groups is 2. The van der Waals surface area contributed by atoms with Gasteiger partial charge in [-0.15, -0.1) is 11.3 Å². The topological polar surface area (TPSA) is 55.4 Å². The van der Waals surface area contributed by atoms with E-state index in [9.17, 15) is 9.59 Å². The van der Waals surface area contributed by atoms with Crippen LogP contribution in [0.5, 0.6) is 0 Å². The van der Waals surface area contributed by atoms with Crippen LogP contribution in [-0.4, -0.2) is 25.4 Å². The predicted octanol–water partition coefficient (Wildman–Crippen LogP) is 3.09. The van der Waals surface area contributed by atoms with Crippen molar-refractivity contribution in [2.24, 2.45) is 0 Å². The first kappa shape index (κ1) is 15.7. The first-order valence-electron chi connectivity index (χ1n) is 6.26. The molecule has 0 amide bonds. The van der Waals surface area contributed by atoms with E-state index >= 15 is 0 Å². The summed E-state index contributed by atoms with van der Waals surface area (Å²) in [5.41, 5.74) is 0.588. The van der Waals surface area contributed by atoms with Crippen LogP contribution in [0.1, 0.15) is 21.3 Å². The number of Topliss-reactive ketones (excluding diaryl/α,β-unsaturated/α-hetero) is 1. The summed E-state index contributed by atoms with van der Waals surface area (Å²) >= 11 is 7.47. The van der Waals surface area contributed by atoms with Crippen molar-refractivity contribution in [3.05, 3.63) is 57.2 Å². The van der Waals surface area contributed by atoms with Gasteiger partial charge in [0.1, 0.15) is 6.04 Å². The molecule has 0 fully saturated rings. The van der Waals surface area contributed by atoms with Gasteiger partial charge in [0.2, 0.25) is 0 Å². The van der Waals surface area contributed by atoms with Gasteiger partial charge in [0.05, 0.1) is 18.5 Å². The molecule has 0 spiro atoms. The van der Waals surface area contributed by atoms with Gasteiger partial charge in [-0.25, -0.2) is 4.79 Å².